The Labute approximate surface area is 165 Å². The van der Waals surface area contributed by atoms with E-state index in [9.17, 15) is 5.11 Å². The van der Waals surface area contributed by atoms with Gasteiger partial charge in [0.1, 0.15) is 11.9 Å². The lowest BCUT2D eigenvalue weighted by Crippen LogP contribution is -2.17. The van der Waals surface area contributed by atoms with Gasteiger partial charge in [-0.05, 0) is 30.7 Å². The molecule has 2 heterocycles. The third-order valence-electron chi connectivity index (χ3n) is 5.50. The van der Waals surface area contributed by atoms with Crippen LogP contribution in [0.25, 0.3) is 0 Å². The van der Waals surface area contributed by atoms with E-state index in [2.05, 4.69) is 9.97 Å². The summed E-state index contributed by atoms with van der Waals surface area (Å²) in [7, 11) is 0. The van der Waals surface area contributed by atoms with Crippen LogP contribution < -0.4 is 0 Å². The summed E-state index contributed by atoms with van der Waals surface area (Å²) < 4.78 is 2.02. The summed E-state index contributed by atoms with van der Waals surface area (Å²) in [5.74, 6) is 2.05. The van der Waals surface area contributed by atoms with E-state index in [1.807, 2.05) is 35.0 Å². The molecule has 28 heavy (non-hydrogen) atoms. The van der Waals surface area contributed by atoms with Gasteiger partial charge in [-0.1, -0.05) is 49.6 Å². The topological polar surface area (TPSA) is 76.7 Å². The van der Waals surface area contributed by atoms with E-state index in [0.29, 0.717) is 11.7 Å². The third-order valence-corrected chi connectivity index (χ3v) is 5.50. The van der Waals surface area contributed by atoms with E-state index in [4.69, 9.17) is 10.1 Å². The molecule has 6 heteroatoms. The minimum absolute atomic E-state index is 0.483. The van der Waals surface area contributed by atoms with Gasteiger partial charge in [0.25, 0.3) is 0 Å². The quantitative estimate of drug-likeness (QED) is 0.682. The van der Waals surface area contributed by atoms with Crippen molar-refractivity contribution in [2.75, 3.05) is 0 Å². The van der Waals surface area contributed by atoms with E-state index in [0.717, 1.165) is 36.5 Å². The molecule has 1 aliphatic carbocycles. The van der Waals surface area contributed by atoms with Gasteiger partial charge in [-0.15, -0.1) is 0 Å². The highest BCUT2D eigenvalue weighted by Crippen LogP contribution is 2.26. The summed E-state index contributed by atoms with van der Waals surface area (Å²) >= 11 is 0. The average molecular weight is 377 g/mol. The van der Waals surface area contributed by atoms with Gasteiger partial charge in [0, 0.05) is 31.6 Å². The Morgan fingerprint density at radius 2 is 1.86 bits per heavy atom. The molecular weight excluding hydrogens is 350 g/mol. The number of nitrogens with zero attached hydrogens (tertiary/aromatic N) is 5. The molecule has 0 amide bonds. The first-order valence-electron chi connectivity index (χ1n) is 10.2. The Balaban J connectivity index is 1.55. The molecule has 1 aromatic carbocycles. The molecular formula is C22H27N5O. The summed E-state index contributed by atoms with van der Waals surface area (Å²) in [6, 6.07) is 9.61. The zero-order valence-electron chi connectivity index (χ0n) is 16.1. The Kier molecular flexibility index (Phi) is 6.07. The van der Waals surface area contributed by atoms with Crippen molar-refractivity contribution in [2.24, 2.45) is 5.92 Å². The lowest BCUT2D eigenvalue weighted by atomic mass is 9.89. The van der Waals surface area contributed by atoms with E-state index in [-0.39, 0.29) is 0 Å². The van der Waals surface area contributed by atoms with Gasteiger partial charge in [-0.2, -0.15) is 5.10 Å². The second-order valence-electron chi connectivity index (χ2n) is 7.58. The molecule has 0 bridgehead atoms. The van der Waals surface area contributed by atoms with E-state index in [1.54, 1.807) is 18.6 Å². The number of hydrogen-bond donors (Lipinski definition) is 1. The molecule has 1 atom stereocenters. The van der Waals surface area contributed by atoms with Crippen LogP contribution >= 0.6 is 0 Å². The van der Waals surface area contributed by atoms with E-state index in [1.165, 1.54) is 32.1 Å². The van der Waals surface area contributed by atoms with Crippen LogP contribution in [0.2, 0.25) is 0 Å². The standard InChI is InChI=1S/C22H27N5O/c28-21(18-9-5-2-6-10-18)22-25-20(12-11-19-15-23-13-14-24-19)27(26-22)16-17-7-3-1-4-8-17/h2,5-6,9-10,13-15,17,21,28H,1,3-4,7-8,11-12,16H2/t21-/m0/s1. The Morgan fingerprint density at radius 3 is 2.61 bits per heavy atom. The molecule has 0 saturated heterocycles. The minimum Gasteiger partial charge on any atom is -0.380 e. The zero-order valence-corrected chi connectivity index (χ0v) is 16.1. The van der Waals surface area contributed by atoms with Crippen LogP contribution in [0.1, 0.15) is 61.1 Å². The van der Waals surface area contributed by atoms with Crippen molar-refractivity contribution in [1.82, 2.24) is 24.7 Å². The van der Waals surface area contributed by atoms with Gasteiger partial charge in [-0.3, -0.25) is 9.97 Å². The number of aromatic nitrogens is 5. The molecule has 0 aliphatic heterocycles. The normalized spacial score (nSPS) is 16.2. The number of aliphatic hydroxyl groups is 1. The van der Waals surface area contributed by atoms with Crippen LogP contribution in [0, 0.1) is 5.92 Å². The maximum atomic E-state index is 10.8. The van der Waals surface area contributed by atoms with Gasteiger partial charge >= 0.3 is 0 Å². The number of rotatable bonds is 7. The molecule has 1 fully saturated rings. The summed E-state index contributed by atoms with van der Waals surface area (Å²) in [5.41, 5.74) is 1.76. The fraction of sp³-hybridized carbons (Fsp3) is 0.455. The van der Waals surface area contributed by atoms with Crippen molar-refractivity contribution in [1.29, 1.82) is 0 Å². The number of benzene rings is 1. The fourth-order valence-electron chi connectivity index (χ4n) is 3.94. The highest BCUT2D eigenvalue weighted by molar-refractivity contribution is 5.22. The molecule has 3 aromatic rings. The van der Waals surface area contributed by atoms with E-state index >= 15 is 0 Å². The number of hydrogen-bond acceptors (Lipinski definition) is 5. The first-order valence-corrected chi connectivity index (χ1v) is 10.2. The average Bonchev–Trinajstić information content (AvgIpc) is 3.16. The van der Waals surface area contributed by atoms with Gasteiger partial charge in [-0.25, -0.2) is 9.67 Å². The van der Waals surface area contributed by atoms with Gasteiger partial charge in [0.05, 0.1) is 5.69 Å². The summed E-state index contributed by atoms with van der Waals surface area (Å²) in [6.45, 7) is 0.879. The predicted octanol–water partition coefficient (Wildman–Crippen LogP) is 3.52. The molecule has 146 valence electrons. The number of aryl methyl sites for hydroxylation is 2. The molecule has 6 nitrogen and oxygen atoms in total. The molecule has 4 rings (SSSR count). The van der Waals surface area contributed by atoms with Gasteiger partial charge in [0.2, 0.25) is 0 Å². The van der Waals surface area contributed by atoms with Crippen molar-refractivity contribution >= 4 is 0 Å². The Morgan fingerprint density at radius 1 is 1.04 bits per heavy atom. The zero-order chi connectivity index (χ0) is 19.2. The summed E-state index contributed by atoms with van der Waals surface area (Å²) in [5, 5.41) is 15.5. The van der Waals surface area contributed by atoms with Gasteiger partial charge in [0.15, 0.2) is 5.82 Å². The number of aliphatic hydroxyl groups excluding tert-OH is 1. The van der Waals surface area contributed by atoms with Crippen LogP contribution in [0.15, 0.2) is 48.9 Å². The predicted molar refractivity (Wildman–Crippen MR) is 107 cm³/mol. The molecule has 1 N–H and O–H groups in total. The second-order valence-corrected chi connectivity index (χ2v) is 7.58. The van der Waals surface area contributed by atoms with E-state index < -0.39 is 6.10 Å². The largest absolute Gasteiger partial charge is 0.380 e. The summed E-state index contributed by atoms with van der Waals surface area (Å²) in [4.78, 5) is 13.2. The van der Waals surface area contributed by atoms with Crippen LogP contribution in [-0.4, -0.2) is 29.8 Å². The van der Waals surface area contributed by atoms with Gasteiger partial charge < -0.3 is 5.11 Å². The van der Waals surface area contributed by atoms with Crippen molar-refractivity contribution in [3.05, 3.63) is 71.8 Å². The van der Waals surface area contributed by atoms with Crippen molar-refractivity contribution in [2.45, 2.75) is 57.6 Å². The maximum Gasteiger partial charge on any atom is 0.183 e. The smallest absolute Gasteiger partial charge is 0.183 e. The van der Waals surface area contributed by atoms with Crippen molar-refractivity contribution < 1.29 is 5.11 Å². The second kappa shape index (κ2) is 9.06. The van der Waals surface area contributed by atoms with Crippen LogP contribution in [0.4, 0.5) is 0 Å². The molecule has 2 aromatic heterocycles. The highest BCUT2D eigenvalue weighted by atomic mass is 16.3. The first-order chi connectivity index (χ1) is 13.8. The van der Waals surface area contributed by atoms with Crippen LogP contribution in [0.3, 0.4) is 0 Å². The monoisotopic (exact) mass is 377 g/mol. The SMILES string of the molecule is O[C@@H](c1ccccc1)c1nc(CCc2cnccn2)n(CC2CCCCC2)n1. The molecule has 0 unspecified atom stereocenters. The maximum absolute atomic E-state index is 10.8. The first kappa shape index (κ1) is 18.7. The highest BCUT2D eigenvalue weighted by Gasteiger charge is 2.21. The van der Waals surface area contributed by atoms with Crippen molar-refractivity contribution in [3.8, 4) is 0 Å². The lowest BCUT2D eigenvalue weighted by molar-refractivity contribution is 0.208. The summed E-state index contributed by atoms with van der Waals surface area (Å²) in [6.07, 6.45) is 12.3. The molecule has 1 aliphatic rings. The molecule has 0 spiro atoms. The van der Waals surface area contributed by atoms with Crippen LogP contribution in [-0.2, 0) is 19.4 Å². The Hall–Kier alpha value is -2.60. The lowest BCUT2D eigenvalue weighted by Gasteiger charge is -2.21. The fourth-order valence-corrected chi connectivity index (χ4v) is 3.94. The minimum atomic E-state index is -0.802. The third kappa shape index (κ3) is 4.62. The molecule has 0 radical (unpaired) electrons. The van der Waals surface area contributed by atoms with Crippen LogP contribution in [0.5, 0.6) is 0 Å². The Bertz CT molecular complexity index is 859. The van der Waals surface area contributed by atoms with Crippen molar-refractivity contribution in [3.63, 3.8) is 0 Å². The molecule has 1 saturated carbocycles.